The van der Waals surface area contributed by atoms with E-state index >= 15 is 0 Å². The van der Waals surface area contributed by atoms with Crippen LogP contribution in [0.25, 0.3) is 10.9 Å². The number of nitrogens with one attached hydrogen (secondary N) is 2. The highest BCUT2D eigenvalue weighted by Gasteiger charge is 2.29. The Labute approximate surface area is 157 Å². The number of carbonyl (C=O) groups is 2. The second-order valence-electron chi connectivity index (χ2n) is 6.86. The summed E-state index contributed by atoms with van der Waals surface area (Å²) in [7, 11) is 0. The van der Waals surface area contributed by atoms with Crippen molar-refractivity contribution in [3.8, 4) is 0 Å². The van der Waals surface area contributed by atoms with Crippen LogP contribution in [0.2, 0.25) is 0 Å². The molecule has 27 heavy (non-hydrogen) atoms. The average molecular weight is 362 g/mol. The zero-order valence-electron chi connectivity index (χ0n) is 15.0. The Morgan fingerprint density at radius 2 is 1.96 bits per heavy atom. The van der Waals surface area contributed by atoms with E-state index in [1.54, 1.807) is 18.3 Å². The quantitative estimate of drug-likeness (QED) is 0.732. The fourth-order valence-electron chi connectivity index (χ4n) is 3.62. The third kappa shape index (κ3) is 3.69. The predicted octanol–water partition coefficient (Wildman–Crippen LogP) is 2.53. The summed E-state index contributed by atoms with van der Waals surface area (Å²) < 4.78 is 0. The van der Waals surface area contributed by atoms with Crippen LogP contribution in [-0.4, -0.2) is 45.8 Å². The zero-order valence-corrected chi connectivity index (χ0v) is 15.0. The van der Waals surface area contributed by atoms with Crippen LogP contribution in [0, 0.1) is 0 Å². The van der Waals surface area contributed by atoms with Crippen LogP contribution in [0.15, 0.2) is 55.0 Å². The molecule has 0 unspecified atom stereocenters. The van der Waals surface area contributed by atoms with Gasteiger partial charge in [-0.05, 0) is 36.6 Å². The first-order chi connectivity index (χ1) is 13.2. The van der Waals surface area contributed by atoms with Gasteiger partial charge in [0, 0.05) is 49.0 Å². The van der Waals surface area contributed by atoms with Gasteiger partial charge in [-0.25, -0.2) is 0 Å². The third-order valence-electron chi connectivity index (χ3n) is 5.04. The maximum Gasteiger partial charge on any atom is 0.253 e. The van der Waals surface area contributed by atoms with E-state index in [9.17, 15) is 9.59 Å². The Morgan fingerprint density at radius 3 is 2.74 bits per heavy atom. The van der Waals surface area contributed by atoms with Crippen LogP contribution in [-0.2, 0) is 11.2 Å². The maximum atomic E-state index is 13.1. The number of H-pyrrole nitrogens is 1. The first-order valence-corrected chi connectivity index (χ1v) is 9.27. The molecule has 1 saturated heterocycles. The molecule has 3 heterocycles. The van der Waals surface area contributed by atoms with Gasteiger partial charge >= 0.3 is 0 Å². The van der Waals surface area contributed by atoms with Crippen LogP contribution in [0.4, 0.5) is 0 Å². The lowest BCUT2D eigenvalue weighted by atomic mass is 10.0. The van der Waals surface area contributed by atoms with Crippen LogP contribution < -0.4 is 5.32 Å². The number of rotatable bonds is 5. The molecular weight excluding hydrogens is 340 g/mol. The number of fused-ring (bicyclic) bond motifs is 1. The second kappa shape index (κ2) is 7.61. The standard InChI is InChI=1S/C21H22N4O2/c26-20(15-6-5-9-22-13-15)24-19(21(27)25-10-3-4-11-25)12-16-14-23-18-8-2-1-7-17(16)18/h1-2,5-9,13-14,19,23H,3-4,10-12H2,(H,24,26)/t19-/m1/s1. The van der Waals surface area contributed by atoms with Gasteiger partial charge in [-0.3, -0.25) is 14.6 Å². The number of pyridine rings is 1. The summed E-state index contributed by atoms with van der Waals surface area (Å²) in [6.07, 6.45) is 7.54. The summed E-state index contributed by atoms with van der Waals surface area (Å²) in [5.74, 6) is -0.296. The minimum absolute atomic E-state index is 0.0185. The summed E-state index contributed by atoms with van der Waals surface area (Å²) in [6.45, 7) is 1.51. The van der Waals surface area contributed by atoms with E-state index in [2.05, 4.69) is 15.3 Å². The molecule has 6 heteroatoms. The molecule has 0 spiro atoms. The van der Waals surface area contributed by atoms with E-state index in [-0.39, 0.29) is 11.8 Å². The molecule has 1 aliphatic heterocycles. The molecule has 1 fully saturated rings. The van der Waals surface area contributed by atoms with Crippen molar-refractivity contribution in [2.45, 2.75) is 25.3 Å². The van der Waals surface area contributed by atoms with E-state index in [4.69, 9.17) is 0 Å². The van der Waals surface area contributed by atoms with Crippen molar-refractivity contribution in [1.82, 2.24) is 20.2 Å². The number of aromatic amines is 1. The lowest BCUT2D eigenvalue weighted by molar-refractivity contribution is -0.132. The van der Waals surface area contributed by atoms with E-state index in [1.165, 1.54) is 6.20 Å². The lowest BCUT2D eigenvalue weighted by Gasteiger charge is -2.24. The van der Waals surface area contributed by atoms with Gasteiger partial charge in [0.25, 0.3) is 5.91 Å². The normalized spacial score (nSPS) is 15.0. The Bertz CT molecular complexity index is 945. The smallest absolute Gasteiger partial charge is 0.253 e. The van der Waals surface area contributed by atoms with Crippen LogP contribution in [0.1, 0.15) is 28.8 Å². The number of hydrogen-bond acceptors (Lipinski definition) is 3. The Morgan fingerprint density at radius 1 is 1.15 bits per heavy atom. The monoisotopic (exact) mass is 362 g/mol. The fraction of sp³-hybridized carbons (Fsp3) is 0.286. The predicted molar refractivity (Wildman–Crippen MR) is 103 cm³/mol. The van der Waals surface area contributed by atoms with Gasteiger partial charge in [0.15, 0.2) is 0 Å². The molecule has 0 aliphatic carbocycles. The highest BCUT2D eigenvalue weighted by molar-refractivity contribution is 5.97. The summed E-state index contributed by atoms with van der Waals surface area (Å²) in [5, 5.41) is 4.01. The second-order valence-corrected chi connectivity index (χ2v) is 6.86. The van der Waals surface area contributed by atoms with Gasteiger partial charge in [0.05, 0.1) is 5.56 Å². The van der Waals surface area contributed by atoms with Gasteiger partial charge in [-0.1, -0.05) is 18.2 Å². The summed E-state index contributed by atoms with van der Waals surface area (Å²) in [6, 6.07) is 10.8. The number of para-hydroxylation sites is 1. The molecular formula is C21H22N4O2. The molecule has 3 aromatic rings. The van der Waals surface area contributed by atoms with Crippen molar-refractivity contribution in [2.24, 2.45) is 0 Å². The molecule has 1 aromatic carbocycles. The molecule has 0 saturated carbocycles. The van der Waals surface area contributed by atoms with E-state index in [0.717, 1.165) is 42.4 Å². The van der Waals surface area contributed by atoms with Crippen LogP contribution >= 0.6 is 0 Å². The van der Waals surface area contributed by atoms with Crippen molar-refractivity contribution in [2.75, 3.05) is 13.1 Å². The summed E-state index contributed by atoms with van der Waals surface area (Å²) in [5.41, 5.74) is 2.50. The number of carbonyl (C=O) groups excluding carboxylic acids is 2. The number of amides is 2. The first kappa shape index (κ1) is 17.3. The minimum atomic E-state index is -0.602. The van der Waals surface area contributed by atoms with Crippen molar-refractivity contribution >= 4 is 22.7 Å². The topological polar surface area (TPSA) is 78.1 Å². The van der Waals surface area contributed by atoms with Gasteiger partial charge in [0.2, 0.25) is 5.91 Å². The maximum absolute atomic E-state index is 13.1. The third-order valence-corrected chi connectivity index (χ3v) is 5.04. The van der Waals surface area contributed by atoms with Crippen molar-refractivity contribution < 1.29 is 9.59 Å². The van der Waals surface area contributed by atoms with E-state index in [0.29, 0.717) is 12.0 Å². The van der Waals surface area contributed by atoms with Gasteiger partial charge in [-0.2, -0.15) is 0 Å². The van der Waals surface area contributed by atoms with Crippen molar-refractivity contribution in [3.63, 3.8) is 0 Å². The fourth-order valence-corrected chi connectivity index (χ4v) is 3.62. The number of likely N-dealkylation sites (tertiary alicyclic amines) is 1. The summed E-state index contributed by atoms with van der Waals surface area (Å²) >= 11 is 0. The number of benzene rings is 1. The molecule has 4 rings (SSSR count). The highest BCUT2D eigenvalue weighted by atomic mass is 16.2. The largest absolute Gasteiger partial charge is 0.361 e. The Kier molecular flexibility index (Phi) is 4.87. The molecule has 1 atom stereocenters. The van der Waals surface area contributed by atoms with Gasteiger partial charge in [-0.15, -0.1) is 0 Å². The average Bonchev–Trinajstić information content (AvgIpc) is 3.38. The minimum Gasteiger partial charge on any atom is -0.361 e. The number of hydrogen-bond donors (Lipinski definition) is 2. The summed E-state index contributed by atoms with van der Waals surface area (Å²) in [4.78, 5) is 34.8. The van der Waals surface area contributed by atoms with Crippen LogP contribution in [0.5, 0.6) is 0 Å². The number of aromatic nitrogens is 2. The molecule has 138 valence electrons. The molecule has 2 aromatic heterocycles. The van der Waals surface area contributed by atoms with Crippen molar-refractivity contribution in [3.05, 3.63) is 66.1 Å². The molecule has 0 bridgehead atoms. The van der Waals surface area contributed by atoms with Gasteiger partial charge in [0.1, 0.15) is 6.04 Å². The van der Waals surface area contributed by atoms with E-state index in [1.807, 2.05) is 35.4 Å². The Hall–Kier alpha value is -3.15. The van der Waals surface area contributed by atoms with Crippen LogP contribution in [0.3, 0.4) is 0 Å². The Balaban J connectivity index is 1.59. The molecule has 1 aliphatic rings. The molecule has 0 radical (unpaired) electrons. The first-order valence-electron chi connectivity index (χ1n) is 9.27. The molecule has 2 amide bonds. The number of nitrogens with zero attached hydrogens (tertiary/aromatic N) is 2. The van der Waals surface area contributed by atoms with Crippen molar-refractivity contribution in [1.29, 1.82) is 0 Å². The SMILES string of the molecule is O=C(N[C@H](Cc1c[nH]c2ccccc12)C(=O)N1CCCC1)c1cccnc1. The highest BCUT2D eigenvalue weighted by Crippen LogP contribution is 2.20. The van der Waals surface area contributed by atoms with Gasteiger partial charge < -0.3 is 15.2 Å². The van der Waals surface area contributed by atoms with E-state index < -0.39 is 6.04 Å². The molecule has 6 nitrogen and oxygen atoms in total. The zero-order chi connectivity index (χ0) is 18.6. The molecule has 2 N–H and O–H groups in total. The lowest BCUT2D eigenvalue weighted by Crippen LogP contribution is -2.49.